The normalized spacial score (nSPS) is 11.0. The molecule has 3 rings (SSSR count). The number of benzene rings is 3. The monoisotopic (exact) mass is 536 g/mol. The van der Waals surface area contributed by atoms with Crippen molar-refractivity contribution in [1.82, 2.24) is 5.32 Å². The van der Waals surface area contributed by atoms with Gasteiger partial charge < -0.3 is 20.3 Å². The largest absolute Gasteiger partial charge is 0.494 e. The molecule has 0 fully saturated rings. The van der Waals surface area contributed by atoms with Crippen molar-refractivity contribution in [2.75, 3.05) is 30.9 Å². The lowest BCUT2D eigenvalue weighted by Gasteiger charge is -2.14. The molecule has 0 saturated heterocycles. The predicted molar refractivity (Wildman–Crippen MR) is 150 cm³/mol. The fourth-order valence-electron chi connectivity index (χ4n) is 3.35. The Bertz CT molecular complexity index is 1320. The van der Waals surface area contributed by atoms with E-state index in [1.165, 1.54) is 18.2 Å². The first-order valence-corrected chi connectivity index (χ1v) is 12.3. The Morgan fingerprint density at radius 2 is 1.74 bits per heavy atom. The molecule has 9 nitrogen and oxygen atoms in total. The number of rotatable bonds is 11. The Kier molecular flexibility index (Phi) is 9.84. The van der Waals surface area contributed by atoms with Crippen LogP contribution in [-0.4, -0.2) is 37.4 Å². The highest BCUT2D eigenvalue weighted by molar-refractivity contribution is 6.32. The van der Waals surface area contributed by atoms with Gasteiger partial charge in [-0.25, -0.2) is 0 Å². The molecule has 38 heavy (non-hydrogen) atoms. The number of hydrogen-bond acceptors (Lipinski definition) is 6. The molecule has 0 bridgehead atoms. The van der Waals surface area contributed by atoms with Crippen LogP contribution < -0.4 is 20.3 Å². The first-order chi connectivity index (χ1) is 18.2. The predicted octanol–water partition coefficient (Wildman–Crippen LogP) is 5.90. The first kappa shape index (κ1) is 28.2. The third kappa shape index (κ3) is 7.81. The van der Waals surface area contributed by atoms with Crippen molar-refractivity contribution in [2.24, 2.45) is 0 Å². The Labute approximate surface area is 226 Å². The third-order valence-corrected chi connectivity index (χ3v) is 5.82. The minimum absolute atomic E-state index is 0.0477. The van der Waals surface area contributed by atoms with Gasteiger partial charge >= 0.3 is 0 Å². The molecule has 0 unspecified atom stereocenters. The van der Waals surface area contributed by atoms with Gasteiger partial charge in [0.1, 0.15) is 16.5 Å². The molecule has 0 atom stereocenters. The van der Waals surface area contributed by atoms with Crippen LogP contribution in [0.3, 0.4) is 0 Å². The van der Waals surface area contributed by atoms with Gasteiger partial charge in [0.2, 0.25) is 0 Å². The van der Waals surface area contributed by atoms with E-state index >= 15 is 0 Å². The van der Waals surface area contributed by atoms with Gasteiger partial charge in [-0.3, -0.25) is 19.7 Å². The van der Waals surface area contributed by atoms with E-state index in [-0.39, 0.29) is 22.1 Å². The number of nitro benzene ring substituents is 1. The van der Waals surface area contributed by atoms with Crippen LogP contribution in [-0.2, 0) is 4.79 Å². The van der Waals surface area contributed by atoms with Crippen LogP contribution in [0, 0.1) is 10.1 Å². The molecule has 3 aromatic carbocycles. The van der Waals surface area contributed by atoms with Gasteiger partial charge in [-0.1, -0.05) is 37.1 Å². The van der Waals surface area contributed by atoms with Crippen molar-refractivity contribution in [2.45, 2.75) is 19.8 Å². The van der Waals surface area contributed by atoms with Crippen LogP contribution >= 0.6 is 11.6 Å². The number of ether oxygens (including phenoxy) is 1. The molecule has 3 aromatic rings. The lowest BCUT2D eigenvalue weighted by Crippen LogP contribution is -2.30. The van der Waals surface area contributed by atoms with E-state index in [4.69, 9.17) is 16.3 Å². The molecule has 0 saturated carbocycles. The molecule has 0 radical (unpaired) electrons. The zero-order valence-corrected chi connectivity index (χ0v) is 22.1. The van der Waals surface area contributed by atoms with Crippen LogP contribution in [0.5, 0.6) is 5.75 Å². The van der Waals surface area contributed by atoms with Crippen LogP contribution in [0.15, 0.2) is 72.4 Å². The molecular weight excluding hydrogens is 508 g/mol. The molecule has 0 aliphatic carbocycles. The summed E-state index contributed by atoms with van der Waals surface area (Å²) in [6, 6.07) is 17.9. The summed E-state index contributed by atoms with van der Waals surface area (Å²) in [6.07, 6.45) is 3.47. The van der Waals surface area contributed by atoms with E-state index in [2.05, 4.69) is 17.6 Å². The number of carbonyl (C=O) groups is 2. The van der Waals surface area contributed by atoms with E-state index in [0.717, 1.165) is 24.6 Å². The zero-order chi connectivity index (χ0) is 27.7. The van der Waals surface area contributed by atoms with Crippen molar-refractivity contribution in [3.63, 3.8) is 0 Å². The molecule has 0 spiro atoms. The van der Waals surface area contributed by atoms with Crippen molar-refractivity contribution in [3.8, 4) is 5.75 Å². The Hall–Kier alpha value is -4.37. The van der Waals surface area contributed by atoms with Gasteiger partial charge in [0.25, 0.3) is 17.5 Å². The lowest BCUT2D eigenvalue weighted by atomic mass is 10.1. The average Bonchev–Trinajstić information content (AvgIpc) is 2.90. The van der Waals surface area contributed by atoms with E-state index in [0.29, 0.717) is 23.5 Å². The first-order valence-electron chi connectivity index (χ1n) is 12.0. The fourth-order valence-corrected chi connectivity index (χ4v) is 3.54. The maximum absolute atomic E-state index is 13.2. The molecule has 0 heterocycles. The summed E-state index contributed by atoms with van der Waals surface area (Å²) in [5, 5.41) is 16.4. The minimum Gasteiger partial charge on any atom is -0.494 e. The maximum atomic E-state index is 13.2. The average molecular weight is 537 g/mol. The molecular formula is C28H29ClN4O5. The summed E-state index contributed by atoms with van der Waals surface area (Å²) >= 11 is 5.88. The second-order valence-electron chi connectivity index (χ2n) is 8.60. The Morgan fingerprint density at radius 3 is 2.34 bits per heavy atom. The van der Waals surface area contributed by atoms with E-state index < -0.39 is 16.7 Å². The number of anilines is 2. The summed E-state index contributed by atoms with van der Waals surface area (Å²) in [6.45, 7) is 2.66. The molecule has 2 amide bonds. The molecule has 2 N–H and O–H groups in total. The standard InChI is InChI=1S/C28H29ClN4O5/c1-4-5-16-38-23-13-8-20(9-14-23)27(34)31-25(17-19-6-11-22(12-7-19)32(2)3)28(35)30-21-10-15-24(29)26(18-21)33(36)37/h6-15,17-18H,4-5,16H2,1-3H3,(H,30,35)(H,31,34). The number of halogens is 1. The summed E-state index contributed by atoms with van der Waals surface area (Å²) < 4.78 is 5.64. The highest BCUT2D eigenvalue weighted by Crippen LogP contribution is 2.27. The summed E-state index contributed by atoms with van der Waals surface area (Å²) in [7, 11) is 3.82. The van der Waals surface area contributed by atoms with E-state index in [1.807, 2.05) is 43.3 Å². The summed E-state index contributed by atoms with van der Waals surface area (Å²) in [4.78, 5) is 38.8. The SMILES string of the molecule is CCCCOc1ccc(C(=O)NC(=Cc2ccc(N(C)C)cc2)C(=O)Nc2ccc(Cl)c([N+](=O)[O-])c2)cc1. The summed E-state index contributed by atoms with van der Waals surface area (Å²) in [5.74, 6) is -0.515. The quantitative estimate of drug-likeness (QED) is 0.136. The van der Waals surface area contributed by atoms with Crippen molar-refractivity contribution in [1.29, 1.82) is 0 Å². The van der Waals surface area contributed by atoms with Gasteiger partial charge in [0, 0.05) is 37.1 Å². The molecule has 0 aliphatic heterocycles. The van der Waals surface area contributed by atoms with Crippen LogP contribution in [0.4, 0.5) is 17.1 Å². The number of nitrogens with one attached hydrogen (secondary N) is 2. The highest BCUT2D eigenvalue weighted by atomic mass is 35.5. The number of hydrogen-bond donors (Lipinski definition) is 2. The van der Waals surface area contributed by atoms with Crippen LogP contribution in [0.1, 0.15) is 35.7 Å². The van der Waals surface area contributed by atoms with E-state index in [9.17, 15) is 19.7 Å². The Morgan fingerprint density at radius 1 is 1.05 bits per heavy atom. The van der Waals surface area contributed by atoms with Crippen LogP contribution in [0.2, 0.25) is 5.02 Å². The smallest absolute Gasteiger partial charge is 0.289 e. The molecule has 0 aromatic heterocycles. The van der Waals surface area contributed by atoms with Gasteiger partial charge in [0.05, 0.1) is 11.5 Å². The van der Waals surface area contributed by atoms with Crippen molar-refractivity contribution in [3.05, 3.63) is 98.7 Å². The van der Waals surface area contributed by atoms with Gasteiger partial charge in [0.15, 0.2) is 0 Å². The number of unbranched alkanes of at least 4 members (excludes halogenated alkanes) is 1. The molecule has 10 heteroatoms. The lowest BCUT2D eigenvalue weighted by molar-refractivity contribution is -0.384. The number of carbonyl (C=O) groups excluding carboxylic acids is 2. The zero-order valence-electron chi connectivity index (χ0n) is 21.4. The third-order valence-electron chi connectivity index (χ3n) is 5.50. The minimum atomic E-state index is -0.661. The van der Waals surface area contributed by atoms with Gasteiger partial charge in [-0.2, -0.15) is 0 Å². The number of amides is 2. The topological polar surface area (TPSA) is 114 Å². The van der Waals surface area contributed by atoms with Gasteiger partial charge in [-0.15, -0.1) is 0 Å². The Balaban J connectivity index is 1.86. The van der Waals surface area contributed by atoms with Crippen molar-refractivity contribution >= 4 is 46.6 Å². The van der Waals surface area contributed by atoms with E-state index in [1.54, 1.807) is 24.3 Å². The second kappa shape index (κ2) is 13.3. The molecule has 198 valence electrons. The van der Waals surface area contributed by atoms with Crippen LogP contribution in [0.25, 0.3) is 6.08 Å². The van der Waals surface area contributed by atoms with Crippen molar-refractivity contribution < 1.29 is 19.2 Å². The maximum Gasteiger partial charge on any atom is 0.289 e. The summed E-state index contributed by atoms with van der Waals surface area (Å²) in [5.41, 5.74) is 1.72. The van der Waals surface area contributed by atoms with Gasteiger partial charge in [-0.05, 0) is 66.6 Å². The number of nitrogens with zero attached hydrogens (tertiary/aromatic N) is 2. The molecule has 0 aliphatic rings. The highest BCUT2D eigenvalue weighted by Gasteiger charge is 2.18. The second-order valence-corrected chi connectivity index (χ2v) is 9.01. The fraction of sp³-hybridized carbons (Fsp3) is 0.214. The number of nitro groups is 1.